The number of ether oxygens (including phenoxy) is 4. The van der Waals surface area contributed by atoms with Crippen LogP contribution in [-0.2, 0) is 38.1 Å². The summed E-state index contributed by atoms with van der Waals surface area (Å²) in [4.78, 5) is 54.9. The smallest absolute Gasteiger partial charge is 0.355 e. The minimum atomic E-state index is -1.01. The number of hydrogen-bond acceptors (Lipinski definition) is 14. The summed E-state index contributed by atoms with van der Waals surface area (Å²) in [5, 5.41) is 15.7. The fourth-order valence-corrected chi connectivity index (χ4v) is 5.01. The molecule has 16 heteroatoms. The van der Waals surface area contributed by atoms with Crippen molar-refractivity contribution < 1.29 is 43.3 Å². The Bertz CT molecular complexity index is 1040. The van der Waals surface area contributed by atoms with Crippen LogP contribution in [0.4, 0.5) is 5.13 Å². The summed E-state index contributed by atoms with van der Waals surface area (Å²) in [5.41, 5.74) is 5.60. The van der Waals surface area contributed by atoms with E-state index in [1.807, 2.05) is 0 Å². The molecule has 184 valence electrons. The summed E-state index contributed by atoms with van der Waals surface area (Å²) in [7, 11) is 2.75. The summed E-state index contributed by atoms with van der Waals surface area (Å²) < 4.78 is 19.4. The Kier molecular flexibility index (Phi) is 8.43. The molecular weight excluding hydrogens is 494 g/mol. The van der Waals surface area contributed by atoms with E-state index in [0.717, 1.165) is 11.3 Å². The van der Waals surface area contributed by atoms with E-state index in [0.29, 0.717) is 11.3 Å². The van der Waals surface area contributed by atoms with Gasteiger partial charge in [0, 0.05) is 25.4 Å². The van der Waals surface area contributed by atoms with Gasteiger partial charge in [0.2, 0.25) is 0 Å². The van der Waals surface area contributed by atoms with Gasteiger partial charge in [0.1, 0.15) is 22.8 Å². The number of thiazole rings is 1. The SMILES string of the molecule is COCOC(=O)COC(=O)C1=C(COC)CS[C@@H]2C(NC(=O)/C(=N\O)c3csc(N)n3)C(=O)N12. The van der Waals surface area contributed by atoms with Gasteiger partial charge in [-0.1, -0.05) is 5.16 Å². The number of carbonyl (C=O) groups is 4. The maximum Gasteiger partial charge on any atom is 0.355 e. The average Bonchev–Trinajstić information content (AvgIpc) is 3.25. The highest BCUT2D eigenvalue weighted by Gasteiger charge is 2.54. The van der Waals surface area contributed by atoms with E-state index in [4.69, 9.17) is 15.2 Å². The molecule has 2 aliphatic rings. The van der Waals surface area contributed by atoms with E-state index in [1.54, 1.807) is 0 Å². The molecule has 1 saturated heterocycles. The number of hydrogen-bond donors (Lipinski definition) is 3. The number of oxime groups is 1. The number of rotatable bonds is 10. The van der Waals surface area contributed by atoms with Gasteiger partial charge in [-0.3, -0.25) is 14.5 Å². The molecule has 1 aromatic heterocycles. The summed E-state index contributed by atoms with van der Waals surface area (Å²) in [6.45, 7) is -0.934. The Morgan fingerprint density at radius 3 is 2.71 bits per heavy atom. The molecule has 1 unspecified atom stereocenters. The Balaban J connectivity index is 1.72. The lowest BCUT2D eigenvalue weighted by Gasteiger charge is -2.49. The third kappa shape index (κ3) is 5.30. The van der Waals surface area contributed by atoms with Gasteiger partial charge < -0.3 is 35.2 Å². The molecule has 0 aliphatic carbocycles. The summed E-state index contributed by atoms with van der Waals surface area (Å²) in [6, 6.07) is -1.01. The lowest BCUT2D eigenvalue weighted by Crippen LogP contribution is -2.71. The maximum atomic E-state index is 12.9. The number of nitrogen functional groups attached to an aromatic ring is 1. The first-order chi connectivity index (χ1) is 16.3. The molecule has 14 nitrogen and oxygen atoms in total. The number of thioether (sulfide) groups is 1. The number of nitrogens with two attached hydrogens (primary N) is 1. The number of aromatic nitrogens is 1. The van der Waals surface area contributed by atoms with E-state index in [-0.39, 0.29) is 29.9 Å². The highest BCUT2D eigenvalue weighted by Crippen LogP contribution is 2.40. The molecular formula is C18H21N5O9S2. The number of β-lactam (4-membered cyclic amide) rings is 1. The normalized spacial score (nSPS) is 19.9. The molecule has 4 N–H and O–H groups in total. The van der Waals surface area contributed by atoms with Crippen LogP contribution in [0, 0.1) is 0 Å². The molecule has 34 heavy (non-hydrogen) atoms. The first-order valence-electron chi connectivity index (χ1n) is 9.54. The predicted molar refractivity (Wildman–Crippen MR) is 118 cm³/mol. The van der Waals surface area contributed by atoms with E-state index in [9.17, 15) is 24.4 Å². The van der Waals surface area contributed by atoms with Crippen LogP contribution in [-0.4, -0.2) is 96.0 Å². The predicted octanol–water partition coefficient (Wildman–Crippen LogP) is -1.11. The Labute approximate surface area is 201 Å². The van der Waals surface area contributed by atoms with Crippen molar-refractivity contribution in [3.63, 3.8) is 0 Å². The van der Waals surface area contributed by atoms with Crippen LogP contribution >= 0.6 is 23.1 Å². The molecule has 3 heterocycles. The van der Waals surface area contributed by atoms with Crippen LogP contribution in [0.25, 0.3) is 0 Å². The van der Waals surface area contributed by atoms with Gasteiger partial charge in [-0.2, -0.15) is 0 Å². The van der Waals surface area contributed by atoms with Gasteiger partial charge >= 0.3 is 11.9 Å². The number of amides is 2. The topological polar surface area (TPSA) is 192 Å². The van der Waals surface area contributed by atoms with Crippen molar-refractivity contribution in [2.75, 3.05) is 45.7 Å². The van der Waals surface area contributed by atoms with Crippen LogP contribution in [0.15, 0.2) is 21.8 Å². The zero-order chi connectivity index (χ0) is 24.8. The van der Waals surface area contributed by atoms with Gasteiger partial charge in [0.25, 0.3) is 11.8 Å². The second-order valence-corrected chi connectivity index (χ2v) is 8.76. The van der Waals surface area contributed by atoms with Crippen molar-refractivity contribution in [1.82, 2.24) is 15.2 Å². The van der Waals surface area contributed by atoms with Crippen LogP contribution in [0.1, 0.15) is 5.69 Å². The molecule has 3 rings (SSSR count). The second kappa shape index (κ2) is 11.3. The number of fused-ring (bicyclic) bond motifs is 1. The quantitative estimate of drug-likeness (QED) is 0.0851. The largest absolute Gasteiger partial charge is 0.449 e. The van der Waals surface area contributed by atoms with Crippen molar-refractivity contribution in [1.29, 1.82) is 0 Å². The molecule has 0 spiro atoms. The standard InChI is InChI=1S/C18H21N5O9S2/c1-29-3-8-5-33-16-12(21-14(25)11(22-28)9-6-34-18(19)20-9)15(26)23(16)13(8)17(27)31-4-10(24)32-7-30-2/h6,12,16,28H,3-5,7H2,1-2H3,(H2,19,20)(H,21,25)/b22-11-/t12?,16-/m1/s1. The van der Waals surface area contributed by atoms with Crippen LogP contribution in [0.2, 0.25) is 0 Å². The van der Waals surface area contributed by atoms with Crippen molar-refractivity contribution in [3.05, 3.63) is 22.3 Å². The third-order valence-corrected chi connectivity index (χ3v) is 6.60. The zero-order valence-corrected chi connectivity index (χ0v) is 19.6. The van der Waals surface area contributed by atoms with Gasteiger partial charge in [-0.15, -0.1) is 23.1 Å². The first kappa shape index (κ1) is 25.4. The number of methoxy groups -OCH3 is 2. The number of nitrogens with zero attached hydrogens (tertiary/aromatic N) is 3. The summed E-state index contributed by atoms with van der Waals surface area (Å²) in [5.74, 6) is -2.88. The number of nitrogens with one attached hydrogen (secondary N) is 1. The number of esters is 2. The molecule has 0 aromatic carbocycles. The fourth-order valence-electron chi connectivity index (χ4n) is 3.14. The number of carbonyl (C=O) groups excluding carboxylic acids is 4. The number of anilines is 1. The molecule has 2 amide bonds. The lowest BCUT2D eigenvalue weighted by molar-refractivity contribution is -0.165. The van der Waals surface area contributed by atoms with E-state index in [1.165, 1.54) is 36.3 Å². The Morgan fingerprint density at radius 1 is 1.32 bits per heavy atom. The Hall–Kier alpha value is -3.21. The lowest BCUT2D eigenvalue weighted by atomic mass is 10.0. The molecule has 2 atom stereocenters. The molecule has 2 aliphatic heterocycles. The minimum Gasteiger partial charge on any atom is -0.449 e. The van der Waals surface area contributed by atoms with E-state index < -0.39 is 47.5 Å². The maximum absolute atomic E-state index is 12.9. The molecule has 1 aromatic rings. The van der Waals surface area contributed by atoms with Crippen molar-refractivity contribution in [2.45, 2.75) is 11.4 Å². The van der Waals surface area contributed by atoms with Crippen molar-refractivity contribution in [3.8, 4) is 0 Å². The minimum absolute atomic E-state index is 0.0473. The molecule has 1 fully saturated rings. The first-order valence-corrected chi connectivity index (χ1v) is 11.5. The van der Waals surface area contributed by atoms with Gasteiger partial charge in [-0.25, -0.2) is 14.6 Å². The van der Waals surface area contributed by atoms with Crippen molar-refractivity contribution >= 4 is 57.7 Å². The molecule has 0 radical (unpaired) electrons. The zero-order valence-electron chi connectivity index (χ0n) is 18.0. The van der Waals surface area contributed by atoms with Gasteiger partial charge in [0.05, 0.1) is 6.61 Å². The highest BCUT2D eigenvalue weighted by atomic mass is 32.2. The molecule has 0 bridgehead atoms. The van der Waals surface area contributed by atoms with Crippen LogP contribution in [0.5, 0.6) is 0 Å². The fraction of sp³-hybridized carbons (Fsp3) is 0.444. The monoisotopic (exact) mass is 515 g/mol. The second-order valence-electron chi connectivity index (χ2n) is 6.76. The summed E-state index contributed by atoms with van der Waals surface area (Å²) in [6.07, 6.45) is 0. The Morgan fingerprint density at radius 2 is 2.09 bits per heavy atom. The van der Waals surface area contributed by atoms with Crippen molar-refractivity contribution in [2.24, 2.45) is 5.16 Å². The van der Waals surface area contributed by atoms with E-state index in [2.05, 4.69) is 24.9 Å². The third-order valence-electron chi connectivity index (χ3n) is 4.58. The van der Waals surface area contributed by atoms with Gasteiger partial charge in [-0.05, 0) is 5.57 Å². The average molecular weight is 516 g/mol. The highest BCUT2D eigenvalue weighted by molar-refractivity contribution is 8.00. The van der Waals surface area contributed by atoms with Gasteiger partial charge in [0.15, 0.2) is 24.2 Å². The van der Waals surface area contributed by atoms with Crippen LogP contribution in [0.3, 0.4) is 0 Å². The molecule has 0 saturated carbocycles. The summed E-state index contributed by atoms with van der Waals surface area (Å²) >= 11 is 2.34. The van der Waals surface area contributed by atoms with Crippen LogP contribution < -0.4 is 11.1 Å². The van der Waals surface area contributed by atoms with E-state index >= 15 is 0 Å².